The fourth-order valence-electron chi connectivity index (χ4n) is 3.51. The molecule has 4 rings (SSSR count). The second kappa shape index (κ2) is 9.35. The molecule has 1 amide bonds. The number of hydrogen-bond donors (Lipinski definition) is 1. The average Bonchev–Trinajstić information content (AvgIpc) is 3.19. The highest BCUT2D eigenvalue weighted by Gasteiger charge is 2.29. The van der Waals surface area contributed by atoms with Gasteiger partial charge in [0.2, 0.25) is 15.9 Å². The average molecular weight is 476 g/mol. The molecule has 168 valence electrons. The van der Waals surface area contributed by atoms with Gasteiger partial charge in [0, 0.05) is 19.2 Å². The van der Waals surface area contributed by atoms with Crippen LogP contribution in [0.5, 0.6) is 5.75 Å². The van der Waals surface area contributed by atoms with Crippen molar-refractivity contribution in [1.82, 2.24) is 9.29 Å². The third-order valence-corrected chi connectivity index (χ3v) is 7.98. The predicted molar refractivity (Wildman–Crippen MR) is 123 cm³/mol. The molecule has 2 heterocycles. The monoisotopic (exact) mass is 475 g/mol. The number of sulfonamides is 1. The Kier molecular flexibility index (Phi) is 6.54. The van der Waals surface area contributed by atoms with Gasteiger partial charge in [-0.25, -0.2) is 17.8 Å². The van der Waals surface area contributed by atoms with Gasteiger partial charge in [0.1, 0.15) is 16.5 Å². The predicted octanol–water partition coefficient (Wildman–Crippen LogP) is 4.27. The highest BCUT2D eigenvalue weighted by molar-refractivity contribution is 7.89. The maximum absolute atomic E-state index is 13.3. The molecule has 1 aromatic heterocycles. The molecule has 0 unspecified atom stereocenters. The van der Waals surface area contributed by atoms with E-state index >= 15 is 0 Å². The van der Waals surface area contributed by atoms with E-state index in [9.17, 15) is 17.6 Å². The second-order valence-electron chi connectivity index (χ2n) is 7.33. The minimum absolute atomic E-state index is 0.0812. The maximum atomic E-state index is 13.3. The van der Waals surface area contributed by atoms with Crippen molar-refractivity contribution in [2.45, 2.75) is 24.2 Å². The molecule has 7 nitrogen and oxygen atoms in total. The van der Waals surface area contributed by atoms with Gasteiger partial charge in [-0.2, -0.15) is 4.31 Å². The van der Waals surface area contributed by atoms with E-state index in [4.69, 9.17) is 4.74 Å². The molecule has 1 aliphatic heterocycles. The number of ether oxygens (including phenoxy) is 1. The first kappa shape index (κ1) is 22.4. The van der Waals surface area contributed by atoms with E-state index in [1.165, 1.54) is 53.1 Å². The summed E-state index contributed by atoms with van der Waals surface area (Å²) in [5.41, 5.74) is 1.14. The Bertz CT molecular complexity index is 1280. The molecule has 1 fully saturated rings. The molecule has 1 N–H and O–H groups in total. The standard InChI is InChI=1S/C22H22FN3O4S2/c1-30-18-9-5-15(13-20(18)32(28,29)26-11-3-2-4-12-26)6-10-21(27)25-22-24-17-8-7-16(23)14-19(17)31-22/h5-10,13-14H,2-4,11-12H2,1H3,(H,24,25,27)/b10-6+. The maximum Gasteiger partial charge on any atom is 0.250 e. The third kappa shape index (κ3) is 4.82. The highest BCUT2D eigenvalue weighted by atomic mass is 32.2. The largest absolute Gasteiger partial charge is 0.495 e. The van der Waals surface area contributed by atoms with Crippen LogP contribution in [0, 0.1) is 5.82 Å². The van der Waals surface area contributed by atoms with Crippen LogP contribution < -0.4 is 10.1 Å². The molecular formula is C22H22FN3O4S2. The molecule has 1 aliphatic rings. The van der Waals surface area contributed by atoms with Gasteiger partial charge < -0.3 is 4.74 Å². The molecule has 0 spiro atoms. The number of benzene rings is 2. The van der Waals surface area contributed by atoms with Crippen LogP contribution in [0.2, 0.25) is 0 Å². The van der Waals surface area contributed by atoms with Crippen molar-refractivity contribution in [2.75, 3.05) is 25.5 Å². The van der Waals surface area contributed by atoms with Crippen LogP contribution in [0.25, 0.3) is 16.3 Å². The molecule has 0 radical (unpaired) electrons. The van der Waals surface area contributed by atoms with Crippen molar-refractivity contribution in [1.29, 1.82) is 0 Å². The van der Waals surface area contributed by atoms with Crippen molar-refractivity contribution in [2.24, 2.45) is 0 Å². The van der Waals surface area contributed by atoms with Gasteiger partial charge in [-0.05, 0) is 54.8 Å². The first-order valence-corrected chi connectivity index (χ1v) is 12.4. The summed E-state index contributed by atoms with van der Waals surface area (Å²) >= 11 is 1.17. The molecule has 2 aromatic carbocycles. The first-order chi connectivity index (χ1) is 15.4. The highest BCUT2D eigenvalue weighted by Crippen LogP contribution is 2.30. The third-order valence-electron chi connectivity index (χ3n) is 5.13. The Balaban J connectivity index is 1.52. The fraction of sp³-hybridized carbons (Fsp3) is 0.273. The zero-order valence-corrected chi connectivity index (χ0v) is 19.0. The van der Waals surface area contributed by atoms with Crippen molar-refractivity contribution in [3.63, 3.8) is 0 Å². The van der Waals surface area contributed by atoms with Crippen LogP contribution in [0.3, 0.4) is 0 Å². The Morgan fingerprint density at radius 1 is 1.19 bits per heavy atom. The van der Waals surface area contributed by atoms with E-state index in [1.807, 2.05) is 0 Å². The number of halogens is 1. The first-order valence-electron chi connectivity index (χ1n) is 10.1. The summed E-state index contributed by atoms with van der Waals surface area (Å²) in [6.45, 7) is 0.972. The number of thiazole rings is 1. The quantitative estimate of drug-likeness (QED) is 0.538. The van der Waals surface area contributed by atoms with Gasteiger partial charge in [-0.1, -0.05) is 23.8 Å². The fourth-order valence-corrected chi connectivity index (χ4v) is 6.12. The number of nitrogens with zero attached hydrogens (tertiary/aromatic N) is 2. The Labute approximate surface area is 189 Å². The zero-order chi connectivity index (χ0) is 22.7. The Hall–Kier alpha value is -2.82. The minimum Gasteiger partial charge on any atom is -0.495 e. The normalized spacial score (nSPS) is 15.3. The van der Waals surface area contributed by atoms with Crippen LogP contribution >= 0.6 is 11.3 Å². The lowest BCUT2D eigenvalue weighted by molar-refractivity contribution is -0.111. The van der Waals surface area contributed by atoms with E-state index in [1.54, 1.807) is 18.2 Å². The molecule has 0 saturated carbocycles. The lowest BCUT2D eigenvalue weighted by atomic mass is 10.2. The Morgan fingerprint density at radius 3 is 2.72 bits per heavy atom. The summed E-state index contributed by atoms with van der Waals surface area (Å²) in [7, 11) is -2.27. The number of carbonyl (C=O) groups is 1. The molecular weight excluding hydrogens is 453 g/mol. The summed E-state index contributed by atoms with van der Waals surface area (Å²) in [6.07, 6.45) is 5.51. The van der Waals surface area contributed by atoms with E-state index < -0.39 is 15.9 Å². The molecule has 1 saturated heterocycles. The van der Waals surface area contributed by atoms with E-state index in [0.717, 1.165) is 19.3 Å². The molecule has 32 heavy (non-hydrogen) atoms. The summed E-state index contributed by atoms with van der Waals surface area (Å²) in [5.74, 6) is -0.534. The van der Waals surface area contributed by atoms with Crippen molar-refractivity contribution in [3.8, 4) is 5.75 Å². The van der Waals surface area contributed by atoms with Gasteiger partial charge in [0.25, 0.3) is 0 Å². The number of amides is 1. The lowest BCUT2D eigenvalue weighted by Gasteiger charge is -2.26. The SMILES string of the molecule is COc1ccc(/C=C/C(=O)Nc2nc3ccc(F)cc3s2)cc1S(=O)(=O)N1CCCCC1. The number of rotatable bonds is 6. The van der Waals surface area contributed by atoms with Gasteiger partial charge >= 0.3 is 0 Å². The number of anilines is 1. The van der Waals surface area contributed by atoms with Crippen molar-refractivity contribution in [3.05, 3.63) is 53.9 Å². The van der Waals surface area contributed by atoms with E-state index in [0.29, 0.717) is 34.0 Å². The number of methoxy groups -OCH3 is 1. The van der Waals surface area contributed by atoms with Gasteiger partial charge in [0.05, 0.1) is 17.3 Å². The summed E-state index contributed by atoms with van der Waals surface area (Å²) in [4.78, 5) is 16.7. The van der Waals surface area contributed by atoms with Gasteiger partial charge in [-0.3, -0.25) is 10.1 Å². The number of aromatic nitrogens is 1. The van der Waals surface area contributed by atoms with Crippen LogP contribution in [-0.2, 0) is 14.8 Å². The molecule has 10 heteroatoms. The van der Waals surface area contributed by atoms with Gasteiger partial charge in [-0.15, -0.1) is 0 Å². The summed E-state index contributed by atoms with van der Waals surface area (Å²) in [6, 6.07) is 8.99. The van der Waals surface area contributed by atoms with Crippen LogP contribution in [0.15, 0.2) is 47.4 Å². The number of fused-ring (bicyclic) bond motifs is 1. The zero-order valence-electron chi connectivity index (χ0n) is 17.4. The smallest absolute Gasteiger partial charge is 0.250 e. The molecule has 0 bridgehead atoms. The molecule has 0 atom stereocenters. The second-order valence-corrected chi connectivity index (χ2v) is 10.3. The van der Waals surface area contributed by atoms with Crippen LogP contribution in [-0.4, -0.2) is 43.8 Å². The number of piperidine rings is 1. The number of nitrogens with one attached hydrogen (secondary N) is 1. The van der Waals surface area contributed by atoms with E-state index in [2.05, 4.69) is 10.3 Å². The van der Waals surface area contributed by atoms with Gasteiger partial charge in [0.15, 0.2) is 5.13 Å². The topological polar surface area (TPSA) is 88.6 Å². The number of hydrogen-bond acceptors (Lipinski definition) is 6. The van der Waals surface area contributed by atoms with Crippen molar-refractivity contribution < 1.29 is 22.3 Å². The molecule has 3 aromatic rings. The van der Waals surface area contributed by atoms with Crippen molar-refractivity contribution >= 4 is 48.7 Å². The summed E-state index contributed by atoms with van der Waals surface area (Å²) in [5, 5.41) is 3.00. The van der Waals surface area contributed by atoms with E-state index in [-0.39, 0.29) is 16.5 Å². The van der Waals surface area contributed by atoms with Crippen LogP contribution in [0.1, 0.15) is 24.8 Å². The lowest BCUT2D eigenvalue weighted by Crippen LogP contribution is -2.35. The molecule has 0 aliphatic carbocycles. The minimum atomic E-state index is -3.70. The Morgan fingerprint density at radius 2 is 1.97 bits per heavy atom. The number of carbonyl (C=O) groups excluding carboxylic acids is 1. The van der Waals surface area contributed by atoms with Crippen LogP contribution in [0.4, 0.5) is 9.52 Å². The summed E-state index contributed by atoms with van der Waals surface area (Å²) < 4.78 is 46.9.